The third-order valence-corrected chi connectivity index (χ3v) is 1.54. The Morgan fingerprint density at radius 2 is 2.45 bits per heavy atom. The van der Waals surface area contributed by atoms with Crippen LogP contribution in [-0.4, -0.2) is 14.4 Å². The summed E-state index contributed by atoms with van der Waals surface area (Å²) in [5.74, 6) is 0. The van der Waals surface area contributed by atoms with E-state index in [0.29, 0.717) is 5.52 Å². The van der Waals surface area contributed by atoms with Crippen LogP contribution in [0.2, 0.25) is 0 Å². The molecule has 0 fully saturated rings. The Hall–Kier alpha value is -1.58. The monoisotopic (exact) mass is 149 g/mol. The van der Waals surface area contributed by atoms with E-state index in [1.807, 2.05) is 13.1 Å². The van der Waals surface area contributed by atoms with E-state index in [0.717, 1.165) is 5.69 Å². The molecular formula is C7H7N3O. The van der Waals surface area contributed by atoms with E-state index in [1.165, 1.54) is 6.20 Å². The number of imidazole rings is 1. The van der Waals surface area contributed by atoms with Crippen LogP contribution >= 0.6 is 0 Å². The van der Waals surface area contributed by atoms with Crippen molar-refractivity contribution < 1.29 is 0 Å². The molecule has 2 heterocycles. The first kappa shape index (κ1) is 6.15. The zero-order valence-electron chi connectivity index (χ0n) is 6.03. The summed E-state index contributed by atoms with van der Waals surface area (Å²) in [6, 6.07) is 0. The van der Waals surface area contributed by atoms with Crippen LogP contribution in [-0.2, 0) is 0 Å². The van der Waals surface area contributed by atoms with Crippen LogP contribution in [0.15, 0.2) is 23.5 Å². The molecule has 0 spiro atoms. The van der Waals surface area contributed by atoms with Crippen molar-refractivity contribution in [3.05, 3.63) is 34.8 Å². The summed E-state index contributed by atoms with van der Waals surface area (Å²) in [5, 5.41) is 0. The van der Waals surface area contributed by atoms with Gasteiger partial charge >= 0.3 is 0 Å². The standard InChI is InChI=1S/C7H7N3O/c1-5-3-10-4-8-2-6(10)7(11)9-5/h2-4H,1H3,(H,9,11). The lowest BCUT2D eigenvalue weighted by Crippen LogP contribution is -2.09. The Labute approximate surface area is 62.5 Å². The molecule has 2 rings (SSSR count). The summed E-state index contributed by atoms with van der Waals surface area (Å²) in [5.41, 5.74) is 1.32. The van der Waals surface area contributed by atoms with Gasteiger partial charge in [0.05, 0.1) is 12.5 Å². The minimum atomic E-state index is -0.0949. The van der Waals surface area contributed by atoms with Gasteiger partial charge in [0, 0.05) is 11.9 Å². The maximum atomic E-state index is 11.1. The molecule has 1 N–H and O–H groups in total. The second kappa shape index (κ2) is 1.95. The molecule has 11 heavy (non-hydrogen) atoms. The highest BCUT2D eigenvalue weighted by molar-refractivity contribution is 5.41. The SMILES string of the molecule is Cc1cn2cncc2c(=O)[nH]1. The number of H-pyrrole nitrogens is 1. The lowest BCUT2D eigenvalue weighted by molar-refractivity contribution is 1.04. The smallest absolute Gasteiger partial charge is 0.274 e. The first-order chi connectivity index (χ1) is 5.27. The van der Waals surface area contributed by atoms with E-state index in [1.54, 1.807) is 10.7 Å². The summed E-state index contributed by atoms with van der Waals surface area (Å²) in [4.78, 5) is 17.7. The van der Waals surface area contributed by atoms with Crippen LogP contribution in [0.25, 0.3) is 5.52 Å². The van der Waals surface area contributed by atoms with Gasteiger partial charge in [-0.1, -0.05) is 0 Å². The Morgan fingerprint density at radius 1 is 1.64 bits per heavy atom. The number of nitrogens with one attached hydrogen (secondary N) is 1. The fraction of sp³-hybridized carbons (Fsp3) is 0.143. The Balaban J connectivity index is 3.02. The molecule has 0 aliphatic rings. The predicted molar refractivity (Wildman–Crippen MR) is 40.5 cm³/mol. The molecule has 0 saturated carbocycles. The van der Waals surface area contributed by atoms with Crippen molar-refractivity contribution in [2.45, 2.75) is 6.92 Å². The van der Waals surface area contributed by atoms with Crippen molar-refractivity contribution >= 4 is 5.52 Å². The number of fused-ring (bicyclic) bond motifs is 1. The molecule has 0 atom stereocenters. The van der Waals surface area contributed by atoms with E-state index in [2.05, 4.69) is 9.97 Å². The van der Waals surface area contributed by atoms with Crippen LogP contribution in [0.5, 0.6) is 0 Å². The van der Waals surface area contributed by atoms with E-state index in [4.69, 9.17) is 0 Å². The minimum absolute atomic E-state index is 0.0949. The highest BCUT2D eigenvalue weighted by Crippen LogP contribution is 1.94. The average molecular weight is 149 g/mol. The summed E-state index contributed by atoms with van der Waals surface area (Å²) < 4.78 is 1.70. The van der Waals surface area contributed by atoms with E-state index in [-0.39, 0.29) is 5.56 Å². The van der Waals surface area contributed by atoms with Crippen molar-refractivity contribution in [3.8, 4) is 0 Å². The van der Waals surface area contributed by atoms with Crippen LogP contribution < -0.4 is 5.56 Å². The number of aromatic nitrogens is 3. The third-order valence-electron chi connectivity index (χ3n) is 1.54. The summed E-state index contributed by atoms with van der Waals surface area (Å²) in [7, 11) is 0. The van der Waals surface area contributed by atoms with Crippen molar-refractivity contribution in [1.29, 1.82) is 0 Å². The fourth-order valence-electron chi connectivity index (χ4n) is 1.07. The molecule has 4 nitrogen and oxygen atoms in total. The maximum Gasteiger partial charge on any atom is 0.274 e. The zero-order chi connectivity index (χ0) is 7.84. The van der Waals surface area contributed by atoms with Gasteiger partial charge in [-0.15, -0.1) is 0 Å². The van der Waals surface area contributed by atoms with Crippen molar-refractivity contribution in [3.63, 3.8) is 0 Å². The third kappa shape index (κ3) is 0.832. The van der Waals surface area contributed by atoms with Gasteiger partial charge in [0.1, 0.15) is 5.52 Å². The van der Waals surface area contributed by atoms with Crippen molar-refractivity contribution in [2.24, 2.45) is 0 Å². The highest BCUT2D eigenvalue weighted by atomic mass is 16.1. The quantitative estimate of drug-likeness (QED) is 0.586. The number of hydrogen-bond donors (Lipinski definition) is 1. The fourth-order valence-corrected chi connectivity index (χ4v) is 1.07. The molecule has 0 amide bonds. The van der Waals surface area contributed by atoms with Crippen molar-refractivity contribution in [1.82, 2.24) is 14.4 Å². The molecular weight excluding hydrogens is 142 g/mol. The Kier molecular flexibility index (Phi) is 1.09. The van der Waals surface area contributed by atoms with E-state index in [9.17, 15) is 4.79 Å². The molecule has 0 saturated heterocycles. The van der Waals surface area contributed by atoms with Gasteiger partial charge in [-0.3, -0.25) is 9.20 Å². The molecule has 4 heteroatoms. The van der Waals surface area contributed by atoms with Crippen LogP contribution in [0.1, 0.15) is 5.69 Å². The number of nitrogens with zero attached hydrogens (tertiary/aromatic N) is 2. The van der Waals surface area contributed by atoms with E-state index < -0.39 is 0 Å². The molecule has 0 aromatic carbocycles. The number of aromatic amines is 1. The highest BCUT2D eigenvalue weighted by Gasteiger charge is 1.97. The van der Waals surface area contributed by atoms with Crippen LogP contribution in [0.4, 0.5) is 0 Å². The average Bonchev–Trinajstić information content (AvgIpc) is 2.34. The summed E-state index contributed by atoms with van der Waals surface area (Å²) in [6.07, 6.45) is 4.97. The normalized spacial score (nSPS) is 10.6. The largest absolute Gasteiger partial charge is 0.323 e. The molecule has 0 radical (unpaired) electrons. The van der Waals surface area contributed by atoms with Crippen LogP contribution in [0.3, 0.4) is 0 Å². The summed E-state index contributed by atoms with van der Waals surface area (Å²) in [6.45, 7) is 1.83. The number of aryl methyl sites for hydroxylation is 1. The van der Waals surface area contributed by atoms with Gasteiger partial charge in [-0.2, -0.15) is 0 Å². The van der Waals surface area contributed by atoms with Gasteiger partial charge in [-0.05, 0) is 6.92 Å². The molecule has 56 valence electrons. The first-order valence-corrected chi connectivity index (χ1v) is 3.29. The molecule has 2 aromatic heterocycles. The maximum absolute atomic E-state index is 11.1. The van der Waals surface area contributed by atoms with Gasteiger partial charge in [0.15, 0.2) is 0 Å². The number of hydrogen-bond acceptors (Lipinski definition) is 2. The van der Waals surface area contributed by atoms with Crippen molar-refractivity contribution in [2.75, 3.05) is 0 Å². The Bertz CT molecular complexity index is 440. The topological polar surface area (TPSA) is 50.2 Å². The second-order valence-corrected chi connectivity index (χ2v) is 2.45. The molecule has 0 aliphatic carbocycles. The number of rotatable bonds is 0. The lowest BCUT2D eigenvalue weighted by Gasteiger charge is -1.93. The molecule has 0 aliphatic heterocycles. The molecule has 0 bridgehead atoms. The van der Waals surface area contributed by atoms with Gasteiger partial charge in [0.2, 0.25) is 0 Å². The second-order valence-electron chi connectivity index (χ2n) is 2.45. The van der Waals surface area contributed by atoms with Crippen LogP contribution in [0, 0.1) is 6.92 Å². The van der Waals surface area contributed by atoms with Gasteiger partial charge in [-0.25, -0.2) is 4.98 Å². The lowest BCUT2D eigenvalue weighted by atomic mass is 10.5. The molecule has 0 unspecified atom stereocenters. The van der Waals surface area contributed by atoms with Gasteiger partial charge in [0.25, 0.3) is 5.56 Å². The Morgan fingerprint density at radius 3 is 3.27 bits per heavy atom. The summed E-state index contributed by atoms with van der Waals surface area (Å²) >= 11 is 0. The zero-order valence-corrected chi connectivity index (χ0v) is 6.03. The molecule has 2 aromatic rings. The van der Waals surface area contributed by atoms with E-state index >= 15 is 0 Å². The predicted octanol–water partition coefficient (Wildman–Crippen LogP) is 0.331. The minimum Gasteiger partial charge on any atom is -0.323 e. The first-order valence-electron chi connectivity index (χ1n) is 3.29. The van der Waals surface area contributed by atoms with Gasteiger partial charge < -0.3 is 4.98 Å².